The Morgan fingerprint density at radius 3 is 2.76 bits per heavy atom. The maximum atomic E-state index is 12.9. The van der Waals surface area contributed by atoms with Crippen LogP contribution in [-0.4, -0.2) is 50.1 Å². The van der Waals surface area contributed by atoms with Crippen LogP contribution in [0.3, 0.4) is 0 Å². The maximum Gasteiger partial charge on any atom is 0.143 e. The highest BCUT2D eigenvalue weighted by Crippen LogP contribution is 2.23. The van der Waals surface area contributed by atoms with Crippen molar-refractivity contribution >= 4 is 16.6 Å². The van der Waals surface area contributed by atoms with Crippen LogP contribution in [0.2, 0.25) is 0 Å². The van der Waals surface area contributed by atoms with E-state index in [-0.39, 0.29) is 5.92 Å². The molecule has 0 bridgehead atoms. The molecule has 1 aliphatic rings. The molecule has 4 rings (SSSR count). The molecule has 3 aromatic rings. The smallest absolute Gasteiger partial charge is 0.143 e. The number of ketones is 1. The number of aromatic nitrogens is 4. The summed E-state index contributed by atoms with van der Waals surface area (Å²) < 4.78 is 1.77. The number of pyridine rings is 2. The molecule has 152 valence electrons. The average molecular weight is 392 g/mol. The van der Waals surface area contributed by atoms with E-state index in [1.807, 2.05) is 44.0 Å². The highest BCUT2D eigenvalue weighted by Gasteiger charge is 2.26. The van der Waals surface area contributed by atoms with E-state index in [9.17, 15) is 4.79 Å². The molecular weight excluding hydrogens is 362 g/mol. The standard InChI is InChI=1S/C23H29N5O/c1-16(2)13-28-6-4-5-17(15-28)23(29)9-21-7-18-8-22(20-12-26-27(3)14-20)25-11-19(18)10-24-21/h7-8,10-12,14,16-17H,4-6,9,13,15H2,1-3H3/t17-/m1/s1. The Morgan fingerprint density at radius 2 is 2.00 bits per heavy atom. The van der Waals surface area contributed by atoms with E-state index >= 15 is 0 Å². The zero-order chi connectivity index (χ0) is 20.4. The quantitative estimate of drug-likeness (QED) is 0.643. The van der Waals surface area contributed by atoms with Gasteiger partial charge in [-0.25, -0.2) is 0 Å². The monoisotopic (exact) mass is 391 g/mol. The Kier molecular flexibility index (Phi) is 5.72. The lowest BCUT2D eigenvalue weighted by atomic mass is 9.91. The number of nitrogens with zero attached hydrogens (tertiary/aromatic N) is 5. The lowest BCUT2D eigenvalue weighted by Crippen LogP contribution is -2.40. The van der Waals surface area contributed by atoms with Crippen LogP contribution in [0.1, 0.15) is 32.4 Å². The second kappa shape index (κ2) is 8.41. The summed E-state index contributed by atoms with van der Waals surface area (Å²) in [4.78, 5) is 24.4. The van der Waals surface area contributed by atoms with Gasteiger partial charge in [-0.15, -0.1) is 0 Å². The molecule has 0 amide bonds. The molecule has 3 aromatic heterocycles. The summed E-state index contributed by atoms with van der Waals surface area (Å²) in [7, 11) is 1.89. The topological polar surface area (TPSA) is 63.9 Å². The van der Waals surface area contributed by atoms with Gasteiger partial charge in [-0.3, -0.25) is 19.4 Å². The van der Waals surface area contributed by atoms with Crippen molar-refractivity contribution in [1.29, 1.82) is 0 Å². The minimum Gasteiger partial charge on any atom is -0.302 e. The molecule has 0 aliphatic carbocycles. The van der Waals surface area contributed by atoms with E-state index in [0.29, 0.717) is 18.1 Å². The van der Waals surface area contributed by atoms with Crippen LogP contribution >= 0.6 is 0 Å². The number of likely N-dealkylation sites (tertiary alicyclic amines) is 1. The fourth-order valence-corrected chi connectivity index (χ4v) is 4.22. The average Bonchev–Trinajstić information content (AvgIpc) is 3.13. The van der Waals surface area contributed by atoms with Crippen molar-refractivity contribution in [2.75, 3.05) is 19.6 Å². The lowest BCUT2D eigenvalue weighted by Gasteiger charge is -2.33. The van der Waals surface area contributed by atoms with E-state index in [2.05, 4.69) is 33.8 Å². The van der Waals surface area contributed by atoms with Crippen LogP contribution in [0.5, 0.6) is 0 Å². The molecule has 0 N–H and O–H groups in total. The van der Waals surface area contributed by atoms with Crippen LogP contribution in [0.15, 0.2) is 36.9 Å². The van der Waals surface area contributed by atoms with E-state index < -0.39 is 0 Å². The first-order valence-corrected chi connectivity index (χ1v) is 10.5. The van der Waals surface area contributed by atoms with E-state index in [1.54, 1.807) is 4.68 Å². The Labute approximate surface area is 172 Å². The Balaban J connectivity index is 1.49. The number of fused-ring (bicyclic) bond motifs is 1. The lowest BCUT2D eigenvalue weighted by molar-refractivity contribution is -0.124. The van der Waals surface area contributed by atoms with Crippen molar-refractivity contribution in [3.8, 4) is 11.3 Å². The second-order valence-corrected chi connectivity index (χ2v) is 8.63. The number of carbonyl (C=O) groups is 1. The number of hydrogen-bond acceptors (Lipinski definition) is 5. The highest BCUT2D eigenvalue weighted by atomic mass is 16.1. The van der Waals surface area contributed by atoms with Gasteiger partial charge in [0.15, 0.2) is 0 Å². The van der Waals surface area contributed by atoms with Crippen molar-refractivity contribution in [1.82, 2.24) is 24.6 Å². The van der Waals surface area contributed by atoms with Gasteiger partial charge in [0.1, 0.15) is 5.78 Å². The fourth-order valence-electron chi connectivity index (χ4n) is 4.22. The van der Waals surface area contributed by atoms with Gasteiger partial charge in [-0.05, 0) is 42.8 Å². The number of hydrogen-bond donors (Lipinski definition) is 0. The molecule has 1 saturated heterocycles. The summed E-state index contributed by atoms with van der Waals surface area (Å²) in [6.07, 6.45) is 9.92. The molecule has 1 aliphatic heterocycles. The van der Waals surface area contributed by atoms with Crippen molar-refractivity contribution in [3.05, 3.63) is 42.6 Å². The zero-order valence-corrected chi connectivity index (χ0v) is 17.5. The number of carbonyl (C=O) groups excluding carboxylic acids is 1. The molecule has 0 unspecified atom stereocenters. The molecule has 0 spiro atoms. The van der Waals surface area contributed by atoms with Crippen molar-refractivity contribution in [2.24, 2.45) is 18.9 Å². The fraction of sp³-hybridized carbons (Fsp3) is 0.478. The minimum absolute atomic E-state index is 0.128. The third-order valence-corrected chi connectivity index (χ3v) is 5.60. The summed E-state index contributed by atoms with van der Waals surface area (Å²) >= 11 is 0. The largest absolute Gasteiger partial charge is 0.302 e. The molecule has 0 radical (unpaired) electrons. The van der Waals surface area contributed by atoms with Gasteiger partial charge in [0.25, 0.3) is 0 Å². The maximum absolute atomic E-state index is 12.9. The summed E-state index contributed by atoms with van der Waals surface area (Å²) in [5.41, 5.74) is 2.70. The van der Waals surface area contributed by atoms with E-state index in [4.69, 9.17) is 0 Å². The normalized spacial score (nSPS) is 17.9. The van der Waals surface area contributed by atoms with Gasteiger partial charge in [0.05, 0.1) is 11.9 Å². The highest BCUT2D eigenvalue weighted by molar-refractivity contribution is 5.87. The summed E-state index contributed by atoms with van der Waals surface area (Å²) in [6, 6.07) is 4.08. The molecule has 29 heavy (non-hydrogen) atoms. The molecule has 0 aromatic carbocycles. The summed E-state index contributed by atoms with van der Waals surface area (Å²) in [5, 5.41) is 6.26. The molecule has 6 heteroatoms. The van der Waals surface area contributed by atoms with Crippen LogP contribution in [-0.2, 0) is 18.3 Å². The van der Waals surface area contributed by atoms with Gasteiger partial charge in [-0.1, -0.05) is 13.8 Å². The van der Waals surface area contributed by atoms with Gasteiger partial charge >= 0.3 is 0 Å². The third kappa shape index (κ3) is 4.70. The van der Waals surface area contributed by atoms with Crippen LogP contribution in [0.25, 0.3) is 22.0 Å². The molecule has 0 saturated carbocycles. The first kappa shape index (κ1) is 19.7. The first-order chi connectivity index (χ1) is 14.0. The van der Waals surface area contributed by atoms with Gasteiger partial charge < -0.3 is 4.90 Å². The Hall–Kier alpha value is -2.60. The van der Waals surface area contributed by atoms with Crippen LogP contribution in [0.4, 0.5) is 0 Å². The minimum atomic E-state index is 0.128. The zero-order valence-electron chi connectivity index (χ0n) is 17.5. The van der Waals surface area contributed by atoms with Crippen molar-refractivity contribution in [3.63, 3.8) is 0 Å². The number of Topliss-reactive ketones (excluding diaryl/α,β-unsaturated/α-hetero) is 1. The van der Waals surface area contributed by atoms with Crippen molar-refractivity contribution in [2.45, 2.75) is 33.1 Å². The second-order valence-electron chi connectivity index (χ2n) is 8.63. The van der Waals surface area contributed by atoms with Gasteiger partial charge in [-0.2, -0.15) is 5.10 Å². The molecule has 1 atom stereocenters. The first-order valence-electron chi connectivity index (χ1n) is 10.5. The van der Waals surface area contributed by atoms with Crippen LogP contribution < -0.4 is 0 Å². The van der Waals surface area contributed by atoms with Gasteiger partial charge in [0, 0.05) is 67.7 Å². The predicted octanol–water partition coefficient (Wildman–Crippen LogP) is 3.51. The van der Waals surface area contributed by atoms with Crippen molar-refractivity contribution < 1.29 is 4.79 Å². The van der Waals surface area contributed by atoms with E-state index in [1.165, 1.54) is 0 Å². The van der Waals surface area contributed by atoms with Crippen LogP contribution in [0, 0.1) is 11.8 Å². The predicted molar refractivity (Wildman–Crippen MR) is 114 cm³/mol. The number of piperidine rings is 1. The SMILES string of the molecule is CC(C)CN1CCC[C@@H](C(=O)Cc2cc3cc(-c4cnn(C)c4)ncc3cn2)C1. The molecular formula is C23H29N5O. The summed E-state index contributed by atoms with van der Waals surface area (Å²) in [5.74, 6) is 1.07. The number of rotatable bonds is 6. The summed E-state index contributed by atoms with van der Waals surface area (Å²) in [6.45, 7) is 7.54. The third-order valence-electron chi connectivity index (χ3n) is 5.60. The molecule has 1 fully saturated rings. The number of aryl methyl sites for hydroxylation is 1. The Morgan fingerprint density at radius 1 is 1.17 bits per heavy atom. The molecule has 6 nitrogen and oxygen atoms in total. The van der Waals surface area contributed by atoms with E-state index in [0.717, 1.165) is 60.2 Å². The Bertz CT molecular complexity index is 1010. The molecule has 4 heterocycles. The van der Waals surface area contributed by atoms with Gasteiger partial charge in [0.2, 0.25) is 0 Å².